The molecule has 0 saturated heterocycles. The molecule has 0 N–H and O–H groups in total. The number of benzene rings is 1. The molecule has 0 fully saturated rings. The first-order chi connectivity index (χ1) is 4.20. The van der Waals surface area contributed by atoms with Crippen molar-refractivity contribution < 1.29 is 9.50 Å². The molecule has 9 heavy (non-hydrogen) atoms. The third kappa shape index (κ3) is 1.33. The summed E-state index contributed by atoms with van der Waals surface area (Å²) in [6, 6.07) is 3.23. The topological polar surface area (TPSA) is 19.9 Å². The largest absolute Gasteiger partial charge is 0.288 e. The monoisotopic (exact) mass is 145 g/mol. The third-order valence-corrected chi connectivity index (χ3v) is 1.21. The smallest absolute Gasteiger partial charge is 0.200 e. The van der Waals surface area contributed by atoms with Gasteiger partial charge in [0.2, 0.25) is 0 Å². The highest BCUT2D eigenvalue weighted by atomic mass is 35.5. The standard InChI is InChI=1S/C6H3ClFO/c7-5-2-1-4(8)3-6(5)9/h1-3H. The summed E-state index contributed by atoms with van der Waals surface area (Å²) in [7, 11) is 0. The fourth-order valence-corrected chi connectivity index (χ4v) is 0.595. The molecule has 0 bridgehead atoms. The van der Waals surface area contributed by atoms with Gasteiger partial charge in [0.15, 0.2) is 5.75 Å². The molecule has 0 unspecified atom stereocenters. The predicted molar refractivity (Wildman–Crippen MR) is 31.5 cm³/mol. The molecule has 0 aliphatic heterocycles. The van der Waals surface area contributed by atoms with E-state index in [1.54, 1.807) is 0 Å². The highest BCUT2D eigenvalue weighted by molar-refractivity contribution is 6.31. The zero-order chi connectivity index (χ0) is 6.85. The summed E-state index contributed by atoms with van der Waals surface area (Å²) in [6.07, 6.45) is 0. The minimum absolute atomic E-state index is 0.0522. The summed E-state index contributed by atoms with van der Waals surface area (Å²) in [4.78, 5) is 0. The maximum Gasteiger partial charge on any atom is 0.200 e. The van der Waals surface area contributed by atoms with Crippen molar-refractivity contribution in [2.24, 2.45) is 0 Å². The van der Waals surface area contributed by atoms with Crippen LogP contribution in [0.3, 0.4) is 0 Å². The maximum atomic E-state index is 12.1. The van der Waals surface area contributed by atoms with Gasteiger partial charge in [0, 0.05) is 6.07 Å². The summed E-state index contributed by atoms with van der Waals surface area (Å²) < 4.78 is 12.1. The Kier molecular flexibility index (Phi) is 1.58. The fourth-order valence-electron chi connectivity index (χ4n) is 0.477. The molecule has 0 aliphatic rings. The molecule has 1 nitrogen and oxygen atoms in total. The summed E-state index contributed by atoms with van der Waals surface area (Å²) in [5.41, 5.74) is 0. The van der Waals surface area contributed by atoms with E-state index in [0.717, 1.165) is 12.1 Å². The lowest BCUT2D eigenvalue weighted by atomic mass is 10.3. The first-order valence-electron chi connectivity index (χ1n) is 2.32. The van der Waals surface area contributed by atoms with Gasteiger partial charge >= 0.3 is 0 Å². The average Bonchev–Trinajstić information content (AvgIpc) is 1.80. The molecular formula is C6H3ClFO. The maximum absolute atomic E-state index is 12.1. The molecule has 0 spiro atoms. The Morgan fingerprint density at radius 2 is 2.11 bits per heavy atom. The first kappa shape index (κ1) is 6.36. The van der Waals surface area contributed by atoms with E-state index in [0.29, 0.717) is 0 Å². The molecule has 3 heteroatoms. The Labute approximate surface area is 56.7 Å². The molecule has 0 atom stereocenters. The third-order valence-electron chi connectivity index (χ3n) is 0.893. The van der Waals surface area contributed by atoms with E-state index in [1.165, 1.54) is 6.07 Å². The predicted octanol–water partition coefficient (Wildman–Crippen LogP) is 2.62. The quantitative estimate of drug-likeness (QED) is 0.535. The highest BCUT2D eigenvalue weighted by Gasteiger charge is 1.99. The van der Waals surface area contributed by atoms with Crippen molar-refractivity contribution >= 4 is 11.6 Å². The molecule has 0 amide bonds. The number of hydrogen-bond donors (Lipinski definition) is 0. The lowest BCUT2D eigenvalue weighted by Gasteiger charge is -1.89. The van der Waals surface area contributed by atoms with Gasteiger partial charge in [0.05, 0.1) is 5.02 Å². The molecule has 47 valence electrons. The van der Waals surface area contributed by atoms with Crippen molar-refractivity contribution in [2.75, 3.05) is 0 Å². The molecule has 0 heterocycles. The van der Waals surface area contributed by atoms with Gasteiger partial charge in [-0.1, -0.05) is 11.6 Å². The Bertz CT molecular complexity index is 224. The van der Waals surface area contributed by atoms with Crippen LogP contribution in [0.1, 0.15) is 0 Å². The molecule has 1 radical (unpaired) electrons. The normalized spacial score (nSPS) is 9.56. The molecule has 1 aromatic rings. The zero-order valence-electron chi connectivity index (χ0n) is 4.40. The van der Waals surface area contributed by atoms with Crippen LogP contribution < -0.4 is 0 Å². The van der Waals surface area contributed by atoms with Gasteiger partial charge in [0.1, 0.15) is 5.82 Å². The first-order valence-corrected chi connectivity index (χ1v) is 2.70. The van der Waals surface area contributed by atoms with Crippen molar-refractivity contribution in [3.05, 3.63) is 29.0 Å². The van der Waals surface area contributed by atoms with E-state index in [1.807, 2.05) is 0 Å². The molecule has 1 aromatic carbocycles. The lowest BCUT2D eigenvalue weighted by molar-refractivity contribution is 0.352. The second kappa shape index (κ2) is 2.23. The van der Waals surface area contributed by atoms with Gasteiger partial charge in [-0.2, -0.15) is 0 Å². The van der Waals surface area contributed by atoms with Crippen molar-refractivity contribution in [1.82, 2.24) is 0 Å². The Morgan fingerprint density at radius 3 is 2.56 bits per heavy atom. The summed E-state index contributed by atoms with van der Waals surface area (Å²) in [6.45, 7) is 0. The lowest BCUT2D eigenvalue weighted by Crippen LogP contribution is -1.70. The summed E-state index contributed by atoms with van der Waals surface area (Å²) in [5.74, 6) is -1.03. The zero-order valence-corrected chi connectivity index (χ0v) is 5.15. The highest BCUT2D eigenvalue weighted by Crippen LogP contribution is 2.23. The van der Waals surface area contributed by atoms with Crippen molar-refractivity contribution in [3.63, 3.8) is 0 Å². The number of halogens is 2. The second-order valence-electron chi connectivity index (χ2n) is 1.57. The SMILES string of the molecule is [O]c1cc(F)ccc1Cl. The minimum Gasteiger partial charge on any atom is -0.288 e. The van der Waals surface area contributed by atoms with Crippen LogP contribution in [-0.4, -0.2) is 0 Å². The van der Waals surface area contributed by atoms with Crippen molar-refractivity contribution in [2.45, 2.75) is 0 Å². The van der Waals surface area contributed by atoms with Gasteiger partial charge in [-0.15, -0.1) is 0 Å². The van der Waals surface area contributed by atoms with E-state index in [2.05, 4.69) is 0 Å². The van der Waals surface area contributed by atoms with Crippen LogP contribution in [0.4, 0.5) is 4.39 Å². The average molecular weight is 146 g/mol. The van der Waals surface area contributed by atoms with Crippen LogP contribution in [0.15, 0.2) is 18.2 Å². The van der Waals surface area contributed by atoms with Crippen LogP contribution in [0.25, 0.3) is 0 Å². The Hall–Kier alpha value is -0.760. The Balaban J connectivity index is 3.17. The van der Waals surface area contributed by atoms with E-state index in [-0.39, 0.29) is 5.02 Å². The Morgan fingerprint density at radius 1 is 1.44 bits per heavy atom. The van der Waals surface area contributed by atoms with E-state index >= 15 is 0 Å². The number of hydrogen-bond acceptors (Lipinski definition) is 0. The molecule has 1 rings (SSSR count). The number of rotatable bonds is 0. The van der Waals surface area contributed by atoms with E-state index < -0.39 is 11.6 Å². The van der Waals surface area contributed by atoms with Crippen LogP contribution in [-0.2, 0) is 5.11 Å². The van der Waals surface area contributed by atoms with Gasteiger partial charge in [-0.25, -0.2) is 4.39 Å². The van der Waals surface area contributed by atoms with Crippen LogP contribution in [0, 0.1) is 5.82 Å². The van der Waals surface area contributed by atoms with Crippen LogP contribution >= 0.6 is 11.6 Å². The minimum atomic E-state index is -0.551. The fraction of sp³-hybridized carbons (Fsp3) is 0. The summed E-state index contributed by atoms with van der Waals surface area (Å²) >= 11 is 5.30. The van der Waals surface area contributed by atoms with Crippen molar-refractivity contribution in [3.8, 4) is 5.75 Å². The van der Waals surface area contributed by atoms with E-state index in [9.17, 15) is 9.50 Å². The van der Waals surface area contributed by atoms with Gasteiger partial charge in [-0.05, 0) is 12.1 Å². The molecule has 0 saturated carbocycles. The molecule has 0 aromatic heterocycles. The van der Waals surface area contributed by atoms with Crippen molar-refractivity contribution in [1.29, 1.82) is 0 Å². The summed E-state index contributed by atoms with van der Waals surface area (Å²) in [5, 5.41) is 10.5. The van der Waals surface area contributed by atoms with Crippen LogP contribution in [0.2, 0.25) is 5.02 Å². The molecular weight excluding hydrogens is 143 g/mol. The van der Waals surface area contributed by atoms with Gasteiger partial charge < -0.3 is 0 Å². The van der Waals surface area contributed by atoms with Gasteiger partial charge in [-0.3, -0.25) is 5.11 Å². The van der Waals surface area contributed by atoms with Gasteiger partial charge in [0.25, 0.3) is 0 Å². The van der Waals surface area contributed by atoms with Crippen LogP contribution in [0.5, 0.6) is 5.75 Å². The second-order valence-corrected chi connectivity index (χ2v) is 1.98. The molecule has 0 aliphatic carbocycles. The van der Waals surface area contributed by atoms with E-state index in [4.69, 9.17) is 11.6 Å².